The van der Waals surface area contributed by atoms with Crippen LogP contribution in [0.5, 0.6) is 0 Å². The minimum absolute atomic E-state index is 0.117. The lowest BCUT2D eigenvalue weighted by molar-refractivity contribution is -0.134. The van der Waals surface area contributed by atoms with Crippen LogP contribution in [-0.2, 0) is 19.6 Å². The van der Waals surface area contributed by atoms with Crippen LogP contribution in [0, 0.1) is 0 Å². The van der Waals surface area contributed by atoms with Crippen LogP contribution in [0.2, 0.25) is 0 Å². The molecular formula is C18H27N3O4S2. The largest absolute Gasteiger partial charge is 0.379 e. The van der Waals surface area contributed by atoms with Gasteiger partial charge in [0.1, 0.15) is 4.90 Å². The van der Waals surface area contributed by atoms with Gasteiger partial charge in [0.25, 0.3) is 0 Å². The molecule has 0 aromatic carbocycles. The molecule has 2 atom stereocenters. The number of sulfonamides is 1. The third kappa shape index (κ3) is 4.82. The summed E-state index contributed by atoms with van der Waals surface area (Å²) < 4.78 is 31.8. The zero-order valence-corrected chi connectivity index (χ0v) is 17.5. The first-order valence-corrected chi connectivity index (χ1v) is 11.8. The highest BCUT2D eigenvalue weighted by molar-refractivity contribution is 7.99. The van der Waals surface area contributed by atoms with Gasteiger partial charge >= 0.3 is 0 Å². The molecule has 150 valence electrons. The summed E-state index contributed by atoms with van der Waals surface area (Å²) in [5.74, 6) is 0.434. The maximum Gasteiger partial charge on any atom is 0.244 e. The SMILES string of the molecule is C[C@@H]1CCC[C@@H](C)N1C(=O)CSc1ccc(S(=O)(=O)N2CCOCC2)cn1. The van der Waals surface area contributed by atoms with E-state index in [1.165, 1.54) is 28.7 Å². The monoisotopic (exact) mass is 413 g/mol. The molecule has 27 heavy (non-hydrogen) atoms. The summed E-state index contributed by atoms with van der Waals surface area (Å²) in [6.07, 6.45) is 4.64. The molecule has 3 heterocycles. The summed E-state index contributed by atoms with van der Waals surface area (Å²) in [5, 5.41) is 0.654. The molecule has 0 bridgehead atoms. The Bertz CT molecular complexity index is 738. The Kier molecular flexibility index (Phi) is 6.78. The average Bonchev–Trinajstić information content (AvgIpc) is 2.67. The summed E-state index contributed by atoms with van der Waals surface area (Å²) in [6, 6.07) is 3.79. The van der Waals surface area contributed by atoms with Crippen molar-refractivity contribution in [2.45, 2.75) is 55.1 Å². The number of amides is 1. The van der Waals surface area contributed by atoms with Gasteiger partial charge in [0, 0.05) is 31.4 Å². The molecule has 0 saturated carbocycles. The first kappa shape index (κ1) is 20.6. The van der Waals surface area contributed by atoms with Crippen molar-refractivity contribution in [2.24, 2.45) is 0 Å². The Morgan fingerprint density at radius 1 is 1.22 bits per heavy atom. The van der Waals surface area contributed by atoms with E-state index in [1.54, 1.807) is 12.1 Å². The van der Waals surface area contributed by atoms with Crippen LogP contribution in [0.25, 0.3) is 0 Å². The van der Waals surface area contributed by atoms with E-state index in [1.807, 2.05) is 4.90 Å². The lowest BCUT2D eigenvalue weighted by Crippen LogP contribution is -2.48. The molecule has 9 heteroatoms. The van der Waals surface area contributed by atoms with Crippen LogP contribution in [0.3, 0.4) is 0 Å². The summed E-state index contributed by atoms with van der Waals surface area (Å²) >= 11 is 1.35. The summed E-state index contributed by atoms with van der Waals surface area (Å²) in [5.41, 5.74) is 0. The average molecular weight is 414 g/mol. The van der Waals surface area contributed by atoms with Crippen LogP contribution in [-0.4, -0.2) is 72.7 Å². The zero-order chi connectivity index (χ0) is 19.4. The van der Waals surface area contributed by atoms with Crippen molar-refractivity contribution in [1.82, 2.24) is 14.2 Å². The van der Waals surface area contributed by atoms with E-state index in [4.69, 9.17) is 4.74 Å². The lowest BCUT2D eigenvalue weighted by atomic mass is 9.98. The number of likely N-dealkylation sites (tertiary alicyclic amines) is 1. The Morgan fingerprint density at radius 3 is 2.48 bits per heavy atom. The van der Waals surface area contributed by atoms with E-state index < -0.39 is 10.0 Å². The van der Waals surface area contributed by atoms with Crippen molar-refractivity contribution in [3.63, 3.8) is 0 Å². The van der Waals surface area contributed by atoms with Crippen molar-refractivity contribution >= 4 is 27.7 Å². The van der Waals surface area contributed by atoms with Gasteiger partial charge in [-0.15, -0.1) is 0 Å². The first-order chi connectivity index (χ1) is 12.9. The number of thioether (sulfide) groups is 1. The number of nitrogens with zero attached hydrogens (tertiary/aromatic N) is 3. The molecule has 2 aliphatic rings. The van der Waals surface area contributed by atoms with Crippen LogP contribution in [0.4, 0.5) is 0 Å². The normalized spacial score (nSPS) is 24.7. The third-order valence-corrected chi connectivity index (χ3v) is 7.95. The minimum atomic E-state index is -3.54. The number of hydrogen-bond donors (Lipinski definition) is 0. The van der Waals surface area contributed by atoms with E-state index in [2.05, 4.69) is 18.8 Å². The number of carbonyl (C=O) groups is 1. The second kappa shape index (κ2) is 8.89. The van der Waals surface area contributed by atoms with E-state index in [0.29, 0.717) is 37.1 Å². The highest BCUT2D eigenvalue weighted by Crippen LogP contribution is 2.25. The van der Waals surface area contributed by atoms with Crippen LogP contribution < -0.4 is 0 Å². The van der Waals surface area contributed by atoms with Crippen molar-refractivity contribution in [2.75, 3.05) is 32.1 Å². The van der Waals surface area contributed by atoms with Gasteiger partial charge in [-0.2, -0.15) is 4.31 Å². The fraction of sp³-hybridized carbons (Fsp3) is 0.667. The number of rotatable bonds is 5. The number of morpholine rings is 1. The second-order valence-corrected chi connectivity index (χ2v) is 10.0. The quantitative estimate of drug-likeness (QED) is 0.687. The maximum absolute atomic E-state index is 12.6. The van der Waals surface area contributed by atoms with Gasteiger partial charge in [0.2, 0.25) is 15.9 Å². The van der Waals surface area contributed by atoms with Crippen molar-refractivity contribution in [3.05, 3.63) is 18.3 Å². The molecule has 3 rings (SSSR count). The van der Waals surface area contributed by atoms with E-state index in [9.17, 15) is 13.2 Å². The van der Waals surface area contributed by atoms with Crippen molar-refractivity contribution < 1.29 is 17.9 Å². The Hall–Kier alpha value is -1.16. The van der Waals surface area contributed by atoms with Crippen LogP contribution >= 0.6 is 11.8 Å². The molecule has 1 amide bonds. The second-order valence-electron chi connectivity index (χ2n) is 7.07. The van der Waals surface area contributed by atoms with Gasteiger partial charge in [-0.05, 0) is 45.2 Å². The molecule has 0 radical (unpaired) electrons. The molecule has 0 spiro atoms. The molecular weight excluding hydrogens is 386 g/mol. The molecule has 1 aromatic heterocycles. The highest BCUT2D eigenvalue weighted by Gasteiger charge is 2.29. The number of aromatic nitrogens is 1. The molecule has 1 aromatic rings. The summed E-state index contributed by atoms with van der Waals surface area (Å²) in [7, 11) is -3.54. The molecule has 0 unspecified atom stereocenters. The smallest absolute Gasteiger partial charge is 0.244 e. The van der Waals surface area contributed by atoms with Crippen molar-refractivity contribution in [1.29, 1.82) is 0 Å². The number of piperidine rings is 1. The molecule has 0 aliphatic carbocycles. The van der Waals surface area contributed by atoms with E-state index in [0.717, 1.165) is 12.8 Å². The van der Waals surface area contributed by atoms with E-state index >= 15 is 0 Å². The summed E-state index contributed by atoms with van der Waals surface area (Å²) in [4.78, 5) is 19.0. The number of carbonyl (C=O) groups excluding carboxylic acids is 1. The highest BCUT2D eigenvalue weighted by atomic mass is 32.2. The first-order valence-electron chi connectivity index (χ1n) is 9.37. The van der Waals surface area contributed by atoms with E-state index in [-0.39, 0.29) is 22.9 Å². The summed E-state index contributed by atoms with van der Waals surface area (Å²) in [6.45, 7) is 5.74. The van der Waals surface area contributed by atoms with Gasteiger partial charge in [-0.25, -0.2) is 13.4 Å². The zero-order valence-electron chi connectivity index (χ0n) is 15.8. The van der Waals surface area contributed by atoms with Crippen LogP contribution in [0.15, 0.2) is 28.3 Å². The van der Waals surface area contributed by atoms with Crippen LogP contribution in [0.1, 0.15) is 33.1 Å². The topological polar surface area (TPSA) is 79.8 Å². The Balaban J connectivity index is 1.60. The Morgan fingerprint density at radius 2 is 1.89 bits per heavy atom. The van der Waals surface area contributed by atoms with Gasteiger partial charge in [-0.1, -0.05) is 11.8 Å². The van der Waals surface area contributed by atoms with Crippen molar-refractivity contribution in [3.8, 4) is 0 Å². The maximum atomic E-state index is 12.6. The van der Waals surface area contributed by atoms with Gasteiger partial charge in [0.05, 0.1) is 24.0 Å². The molecule has 2 fully saturated rings. The van der Waals surface area contributed by atoms with Gasteiger partial charge in [-0.3, -0.25) is 4.79 Å². The Labute approximate surface area is 165 Å². The van der Waals surface area contributed by atoms with Gasteiger partial charge in [0.15, 0.2) is 0 Å². The molecule has 2 aliphatic heterocycles. The standard InChI is InChI=1S/C18H27N3O4S2/c1-14-4-3-5-15(2)21(14)18(22)13-26-17-7-6-16(12-19-17)27(23,24)20-8-10-25-11-9-20/h6-7,12,14-15H,3-5,8-11,13H2,1-2H3/t14-,15-/m1/s1. The number of pyridine rings is 1. The fourth-order valence-corrected chi connectivity index (χ4v) is 5.73. The fourth-order valence-electron chi connectivity index (χ4n) is 3.66. The number of hydrogen-bond acceptors (Lipinski definition) is 6. The number of ether oxygens (including phenoxy) is 1. The minimum Gasteiger partial charge on any atom is -0.379 e. The molecule has 2 saturated heterocycles. The lowest BCUT2D eigenvalue weighted by Gasteiger charge is -2.39. The molecule has 7 nitrogen and oxygen atoms in total. The predicted molar refractivity (Wildman–Crippen MR) is 104 cm³/mol. The van der Waals surface area contributed by atoms with Gasteiger partial charge < -0.3 is 9.64 Å². The third-order valence-electron chi connectivity index (χ3n) is 5.14. The molecule has 0 N–H and O–H groups in total. The predicted octanol–water partition coefficient (Wildman–Crippen LogP) is 1.98.